The van der Waals surface area contributed by atoms with Gasteiger partial charge in [-0.25, -0.2) is 0 Å². The van der Waals surface area contributed by atoms with Crippen molar-refractivity contribution in [1.82, 2.24) is 0 Å². The van der Waals surface area contributed by atoms with E-state index >= 15 is 0 Å². The molecule has 5 nitrogen and oxygen atoms in total. The van der Waals surface area contributed by atoms with Gasteiger partial charge in [-0.1, -0.05) is 18.2 Å². The fourth-order valence-electron chi connectivity index (χ4n) is 3.03. The summed E-state index contributed by atoms with van der Waals surface area (Å²) in [5.41, 5.74) is 2.15. The maximum absolute atomic E-state index is 11.7. The lowest BCUT2D eigenvalue weighted by Crippen LogP contribution is -2.47. The minimum absolute atomic E-state index is 0.671. The lowest BCUT2D eigenvalue weighted by Gasteiger charge is -2.37. The number of anilines is 2. The van der Waals surface area contributed by atoms with Gasteiger partial charge >= 0.3 is 0 Å². The first-order chi connectivity index (χ1) is 11.7. The summed E-state index contributed by atoms with van der Waals surface area (Å²) in [6.45, 7) is 6.21. The number of piperazine rings is 1. The summed E-state index contributed by atoms with van der Waals surface area (Å²) < 4.78 is 17.3. The van der Waals surface area contributed by atoms with Crippen molar-refractivity contribution in [3.8, 4) is 5.75 Å². The molecule has 0 aromatic heterocycles. The van der Waals surface area contributed by atoms with E-state index in [1.54, 1.807) is 0 Å². The summed E-state index contributed by atoms with van der Waals surface area (Å²) >= 11 is -1.46. The van der Waals surface area contributed by atoms with Gasteiger partial charge in [0.15, 0.2) is 4.90 Å². The Labute approximate surface area is 146 Å². The van der Waals surface area contributed by atoms with Crippen LogP contribution in [0.3, 0.4) is 0 Å². The molecule has 3 rings (SSSR count). The average Bonchev–Trinajstić information content (AvgIpc) is 2.62. The fourth-order valence-corrected chi connectivity index (χ4v) is 3.65. The largest absolute Gasteiger partial charge is 0.593 e. The molecule has 1 saturated heterocycles. The van der Waals surface area contributed by atoms with E-state index in [1.807, 2.05) is 43.3 Å². The first kappa shape index (κ1) is 17.0. The van der Waals surface area contributed by atoms with Gasteiger partial charge in [0.25, 0.3) is 0 Å². The summed E-state index contributed by atoms with van der Waals surface area (Å²) in [7, 11) is 0. The number of hydrogen-bond donors (Lipinski definition) is 1. The molecule has 6 heteroatoms. The standard InChI is InChI=1S/C18H23N3O2S/c1-2-23-16-7-5-6-15(14-16)20-10-12-21(13-11-20)17-8-3-4-9-18(17)24(19)22/h3-9,14H,2,10-13,19H2,1H3. The normalized spacial score (nSPS) is 16.1. The predicted octanol–water partition coefficient (Wildman–Crippen LogP) is 2.39. The van der Waals surface area contributed by atoms with Gasteiger partial charge in [0.05, 0.1) is 23.7 Å². The minimum atomic E-state index is -1.46. The smallest absolute Gasteiger partial charge is 0.196 e. The van der Waals surface area contributed by atoms with Crippen LogP contribution in [0.5, 0.6) is 5.75 Å². The summed E-state index contributed by atoms with van der Waals surface area (Å²) in [6, 6.07) is 15.9. The van der Waals surface area contributed by atoms with E-state index < -0.39 is 11.4 Å². The second-order valence-electron chi connectivity index (χ2n) is 5.67. The van der Waals surface area contributed by atoms with Crippen LogP contribution in [0.1, 0.15) is 6.92 Å². The molecular formula is C18H23N3O2S. The van der Waals surface area contributed by atoms with Crippen LogP contribution < -0.4 is 19.7 Å². The van der Waals surface area contributed by atoms with Crippen LogP contribution in [0.4, 0.5) is 11.4 Å². The molecule has 0 bridgehead atoms. The molecule has 0 radical (unpaired) electrons. The molecule has 0 aliphatic carbocycles. The Balaban J connectivity index is 1.69. The van der Waals surface area contributed by atoms with Crippen LogP contribution in [0, 0.1) is 0 Å². The zero-order valence-electron chi connectivity index (χ0n) is 13.9. The highest BCUT2D eigenvalue weighted by atomic mass is 32.2. The first-order valence-electron chi connectivity index (χ1n) is 8.17. The van der Waals surface area contributed by atoms with Crippen molar-refractivity contribution < 1.29 is 9.29 Å². The first-order valence-corrected chi connectivity index (χ1v) is 9.38. The lowest BCUT2D eigenvalue weighted by atomic mass is 10.2. The van der Waals surface area contributed by atoms with Gasteiger partial charge < -0.3 is 19.1 Å². The van der Waals surface area contributed by atoms with Crippen LogP contribution in [-0.4, -0.2) is 37.3 Å². The number of rotatable bonds is 5. The van der Waals surface area contributed by atoms with Crippen molar-refractivity contribution >= 4 is 22.7 Å². The molecule has 0 saturated carbocycles. The van der Waals surface area contributed by atoms with Crippen molar-refractivity contribution in [2.45, 2.75) is 11.8 Å². The second kappa shape index (κ2) is 7.79. The Morgan fingerprint density at radius 3 is 2.46 bits per heavy atom. The van der Waals surface area contributed by atoms with E-state index in [-0.39, 0.29) is 0 Å². The fraction of sp³-hybridized carbons (Fsp3) is 0.333. The van der Waals surface area contributed by atoms with E-state index in [4.69, 9.17) is 9.88 Å². The molecule has 1 unspecified atom stereocenters. The summed E-state index contributed by atoms with van der Waals surface area (Å²) in [6.07, 6.45) is 0. The molecule has 2 aromatic rings. The Bertz CT molecular complexity index is 673. The third-order valence-corrected chi connectivity index (χ3v) is 4.97. The van der Waals surface area contributed by atoms with Crippen molar-refractivity contribution in [2.75, 3.05) is 42.6 Å². The van der Waals surface area contributed by atoms with Crippen molar-refractivity contribution in [3.05, 3.63) is 48.5 Å². The SMILES string of the molecule is CCOc1cccc(N2CCN(c3ccccc3[S+](N)[O-])CC2)c1. The van der Waals surface area contributed by atoms with Gasteiger partial charge in [-0.05, 0) is 31.2 Å². The monoisotopic (exact) mass is 345 g/mol. The number of benzene rings is 2. The summed E-state index contributed by atoms with van der Waals surface area (Å²) in [5, 5.41) is 5.61. The highest BCUT2D eigenvalue weighted by Gasteiger charge is 2.23. The van der Waals surface area contributed by atoms with Gasteiger partial charge in [0.1, 0.15) is 5.75 Å². The van der Waals surface area contributed by atoms with Crippen molar-refractivity contribution in [2.24, 2.45) is 5.14 Å². The molecular weight excluding hydrogens is 322 g/mol. The third-order valence-electron chi connectivity index (χ3n) is 4.20. The van der Waals surface area contributed by atoms with E-state index in [0.717, 1.165) is 37.6 Å². The highest BCUT2D eigenvalue weighted by molar-refractivity contribution is 7.89. The molecule has 0 spiro atoms. The quantitative estimate of drug-likeness (QED) is 0.843. The van der Waals surface area contributed by atoms with E-state index in [1.165, 1.54) is 5.69 Å². The molecule has 0 amide bonds. The Morgan fingerprint density at radius 1 is 1.04 bits per heavy atom. The summed E-state index contributed by atoms with van der Waals surface area (Å²) in [4.78, 5) is 5.30. The summed E-state index contributed by atoms with van der Waals surface area (Å²) in [5.74, 6) is 0.904. The zero-order chi connectivity index (χ0) is 16.9. The van der Waals surface area contributed by atoms with Gasteiger partial charge in [0, 0.05) is 37.9 Å². The van der Waals surface area contributed by atoms with Crippen LogP contribution >= 0.6 is 0 Å². The number of para-hydroxylation sites is 1. The van der Waals surface area contributed by atoms with Crippen LogP contribution in [-0.2, 0) is 11.4 Å². The van der Waals surface area contributed by atoms with Gasteiger partial charge in [0.2, 0.25) is 0 Å². The van der Waals surface area contributed by atoms with Crippen molar-refractivity contribution in [1.29, 1.82) is 0 Å². The van der Waals surface area contributed by atoms with Gasteiger partial charge in [-0.15, -0.1) is 5.14 Å². The number of nitrogens with zero attached hydrogens (tertiary/aromatic N) is 2. The molecule has 1 atom stereocenters. The third kappa shape index (κ3) is 3.77. The van der Waals surface area contributed by atoms with Crippen molar-refractivity contribution in [3.63, 3.8) is 0 Å². The van der Waals surface area contributed by atoms with Gasteiger partial charge in [-0.2, -0.15) is 0 Å². The lowest BCUT2D eigenvalue weighted by molar-refractivity contribution is 0.340. The average molecular weight is 345 g/mol. The maximum atomic E-state index is 11.7. The van der Waals surface area contributed by atoms with Crippen LogP contribution in [0.15, 0.2) is 53.4 Å². The molecule has 2 N–H and O–H groups in total. The number of hydrogen-bond acceptors (Lipinski definition) is 5. The number of nitrogens with two attached hydrogens (primary N) is 1. The molecule has 1 fully saturated rings. The molecule has 1 heterocycles. The second-order valence-corrected chi connectivity index (χ2v) is 6.70. The topological polar surface area (TPSA) is 64.8 Å². The Morgan fingerprint density at radius 2 is 1.75 bits per heavy atom. The molecule has 1 aliphatic heterocycles. The molecule has 128 valence electrons. The van der Waals surface area contributed by atoms with Crippen LogP contribution in [0.25, 0.3) is 0 Å². The van der Waals surface area contributed by atoms with Gasteiger partial charge in [-0.3, -0.25) is 0 Å². The molecule has 2 aromatic carbocycles. The minimum Gasteiger partial charge on any atom is -0.593 e. The van der Waals surface area contributed by atoms with E-state index in [2.05, 4.69) is 21.9 Å². The van der Waals surface area contributed by atoms with Crippen LogP contribution in [0.2, 0.25) is 0 Å². The number of ether oxygens (including phenoxy) is 1. The molecule has 24 heavy (non-hydrogen) atoms. The predicted molar refractivity (Wildman–Crippen MR) is 99.1 cm³/mol. The Hall–Kier alpha value is -1.89. The Kier molecular flexibility index (Phi) is 5.50. The van der Waals surface area contributed by atoms with E-state index in [0.29, 0.717) is 11.5 Å². The molecule has 1 aliphatic rings. The maximum Gasteiger partial charge on any atom is 0.196 e. The highest BCUT2D eigenvalue weighted by Crippen LogP contribution is 2.27. The zero-order valence-corrected chi connectivity index (χ0v) is 14.7. The van der Waals surface area contributed by atoms with E-state index in [9.17, 15) is 4.55 Å².